The smallest absolute Gasteiger partial charge is 0.323 e. The van der Waals surface area contributed by atoms with E-state index in [0.29, 0.717) is 0 Å². The Hall–Kier alpha value is -1.17. The van der Waals surface area contributed by atoms with Gasteiger partial charge in [-0.25, -0.2) is 22.0 Å². The number of ether oxygens (including phenoxy) is 1. The highest BCUT2D eigenvalue weighted by Crippen LogP contribution is 2.26. The molecule has 1 rings (SSSR count). The van der Waals surface area contributed by atoms with Gasteiger partial charge in [0.05, 0.1) is 17.2 Å². The van der Waals surface area contributed by atoms with Crippen molar-refractivity contribution in [1.82, 2.24) is 0 Å². The fourth-order valence-electron chi connectivity index (χ4n) is 1.32. The molecule has 0 saturated carbocycles. The summed E-state index contributed by atoms with van der Waals surface area (Å²) in [5.41, 5.74) is 0.0756. The Bertz CT molecular complexity index is 745. The molecule has 0 bridgehead atoms. The monoisotopic (exact) mass is 400 g/mol. The standard InChI is InChI=1S/C10H13BrN2O6S2/c1-2-19-10(14)6-20(15,16)13-9-4-3-7(5-8(9)11)21(12,17)18/h3-5,13H,2,6H2,1H3,(H2,12,17,18). The molecule has 0 heterocycles. The molecule has 3 N–H and O–H groups in total. The van der Waals surface area contributed by atoms with Crippen LogP contribution < -0.4 is 9.86 Å². The number of rotatable bonds is 6. The topological polar surface area (TPSA) is 133 Å². The second kappa shape index (κ2) is 6.73. The van der Waals surface area contributed by atoms with Gasteiger partial charge in [-0.05, 0) is 41.1 Å². The van der Waals surface area contributed by atoms with Gasteiger partial charge in [0.25, 0.3) is 0 Å². The number of carbonyl (C=O) groups is 1. The van der Waals surface area contributed by atoms with Gasteiger partial charge >= 0.3 is 5.97 Å². The maximum atomic E-state index is 11.7. The molecule has 21 heavy (non-hydrogen) atoms. The number of esters is 1. The lowest BCUT2D eigenvalue weighted by atomic mass is 10.3. The maximum absolute atomic E-state index is 11.7. The van der Waals surface area contributed by atoms with Gasteiger partial charge in [-0.1, -0.05) is 0 Å². The van der Waals surface area contributed by atoms with E-state index in [1.165, 1.54) is 6.07 Å². The highest BCUT2D eigenvalue weighted by molar-refractivity contribution is 9.10. The fourth-order valence-corrected chi connectivity index (χ4v) is 3.60. The van der Waals surface area contributed by atoms with Gasteiger partial charge in [0.2, 0.25) is 20.0 Å². The number of sulfonamides is 2. The van der Waals surface area contributed by atoms with E-state index in [2.05, 4.69) is 25.4 Å². The number of halogens is 1. The first kappa shape index (κ1) is 17.9. The van der Waals surface area contributed by atoms with Crippen molar-refractivity contribution in [3.05, 3.63) is 22.7 Å². The van der Waals surface area contributed by atoms with Gasteiger partial charge in [0.15, 0.2) is 5.75 Å². The molecule has 1 aromatic rings. The van der Waals surface area contributed by atoms with Crippen LogP contribution in [0.1, 0.15) is 6.92 Å². The first-order valence-corrected chi connectivity index (χ1v) is 9.53. The molecule has 0 aliphatic heterocycles. The number of nitrogens with one attached hydrogen (secondary N) is 1. The zero-order valence-electron chi connectivity index (χ0n) is 10.9. The maximum Gasteiger partial charge on any atom is 0.323 e. The van der Waals surface area contributed by atoms with Crippen LogP contribution in [-0.4, -0.2) is 35.2 Å². The number of benzene rings is 1. The second-order valence-corrected chi connectivity index (χ2v) is 7.99. The number of hydrogen-bond acceptors (Lipinski definition) is 6. The van der Waals surface area contributed by atoms with Crippen LogP contribution in [0.2, 0.25) is 0 Å². The van der Waals surface area contributed by atoms with Gasteiger partial charge in [-0.3, -0.25) is 9.52 Å². The largest absolute Gasteiger partial charge is 0.465 e. The number of carbonyl (C=O) groups excluding carboxylic acids is 1. The Labute approximate surface area is 130 Å². The summed E-state index contributed by atoms with van der Waals surface area (Å²) in [4.78, 5) is 11.0. The van der Waals surface area contributed by atoms with Crippen LogP contribution >= 0.6 is 15.9 Å². The lowest BCUT2D eigenvalue weighted by Gasteiger charge is -2.10. The average molecular weight is 401 g/mol. The fraction of sp³-hybridized carbons (Fsp3) is 0.300. The Balaban J connectivity index is 2.96. The van der Waals surface area contributed by atoms with E-state index in [-0.39, 0.29) is 21.7 Å². The van der Waals surface area contributed by atoms with Gasteiger partial charge in [-0.15, -0.1) is 0 Å². The summed E-state index contributed by atoms with van der Waals surface area (Å²) in [5.74, 6) is -1.73. The van der Waals surface area contributed by atoms with E-state index in [1.807, 2.05) is 0 Å². The van der Waals surface area contributed by atoms with E-state index in [0.717, 1.165) is 12.1 Å². The first-order valence-electron chi connectivity index (χ1n) is 5.53. The summed E-state index contributed by atoms with van der Waals surface area (Å²) >= 11 is 3.03. The molecule has 0 radical (unpaired) electrons. The van der Waals surface area contributed by atoms with Gasteiger partial charge < -0.3 is 4.74 Å². The van der Waals surface area contributed by atoms with E-state index in [9.17, 15) is 21.6 Å². The molecule has 0 amide bonds. The van der Waals surface area contributed by atoms with Crippen LogP contribution in [0.3, 0.4) is 0 Å². The van der Waals surface area contributed by atoms with Crippen LogP contribution in [0.15, 0.2) is 27.6 Å². The highest BCUT2D eigenvalue weighted by atomic mass is 79.9. The number of hydrogen-bond donors (Lipinski definition) is 2. The van der Waals surface area contributed by atoms with E-state index >= 15 is 0 Å². The molecule has 0 atom stereocenters. The molecule has 0 spiro atoms. The SMILES string of the molecule is CCOC(=O)CS(=O)(=O)Nc1ccc(S(N)(=O)=O)cc1Br. The van der Waals surface area contributed by atoms with Crippen molar-refractivity contribution in [1.29, 1.82) is 0 Å². The Morgan fingerprint density at radius 1 is 1.33 bits per heavy atom. The summed E-state index contributed by atoms with van der Waals surface area (Å²) in [6, 6.07) is 3.51. The van der Waals surface area contributed by atoms with Crippen molar-refractivity contribution in [2.75, 3.05) is 17.1 Å². The van der Waals surface area contributed by atoms with Crippen molar-refractivity contribution in [3.8, 4) is 0 Å². The van der Waals surface area contributed by atoms with Crippen LogP contribution in [-0.2, 0) is 29.6 Å². The summed E-state index contributed by atoms with van der Waals surface area (Å²) in [6.45, 7) is 1.63. The molecule has 0 unspecified atom stereocenters. The quantitative estimate of drug-likeness (QED) is 0.663. The lowest BCUT2D eigenvalue weighted by molar-refractivity contribution is -0.139. The zero-order valence-corrected chi connectivity index (χ0v) is 14.1. The summed E-state index contributed by atoms with van der Waals surface area (Å²) in [5, 5.41) is 4.95. The van der Waals surface area contributed by atoms with Crippen LogP contribution in [0.5, 0.6) is 0 Å². The van der Waals surface area contributed by atoms with Gasteiger partial charge in [-0.2, -0.15) is 0 Å². The predicted molar refractivity (Wildman–Crippen MR) is 79.6 cm³/mol. The molecule has 1 aromatic carbocycles. The predicted octanol–water partition coefficient (Wildman–Crippen LogP) is 0.401. The molecule has 0 saturated heterocycles. The highest BCUT2D eigenvalue weighted by Gasteiger charge is 2.19. The molecule has 0 aliphatic rings. The summed E-state index contributed by atoms with van der Waals surface area (Å²) in [7, 11) is -7.86. The Morgan fingerprint density at radius 2 is 1.95 bits per heavy atom. The molecular weight excluding hydrogens is 388 g/mol. The first-order chi connectivity index (χ1) is 9.55. The van der Waals surface area contributed by atoms with Crippen molar-refractivity contribution in [3.63, 3.8) is 0 Å². The Kier molecular flexibility index (Phi) is 5.73. The van der Waals surface area contributed by atoms with Crippen molar-refractivity contribution in [2.45, 2.75) is 11.8 Å². The third kappa shape index (κ3) is 5.61. The van der Waals surface area contributed by atoms with Crippen LogP contribution in [0, 0.1) is 0 Å². The number of anilines is 1. The molecule has 8 nitrogen and oxygen atoms in total. The molecular formula is C10H13BrN2O6S2. The summed E-state index contributed by atoms with van der Waals surface area (Å²) in [6.07, 6.45) is 0. The zero-order chi connectivity index (χ0) is 16.3. The minimum Gasteiger partial charge on any atom is -0.465 e. The molecule has 11 heteroatoms. The molecule has 118 valence electrons. The third-order valence-electron chi connectivity index (χ3n) is 2.15. The molecule has 0 aliphatic carbocycles. The van der Waals surface area contributed by atoms with Crippen LogP contribution in [0.25, 0.3) is 0 Å². The van der Waals surface area contributed by atoms with Crippen LogP contribution in [0.4, 0.5) is 5.69 Å². The summed E-state index contributed by atoms with van der Waals surface area (Å²) < 4.78 is 52.7. The van der Waals surface area contributed by atoms with Gasteiger partial charge in [0, 0.05) is 4.47 Å². The number of primary sulfonamides is 1. The lowest BCUT2D eigenvalue weighted by Crippen LogP contribution is -2.24. The van der Waals surface area contributed by atoms with Crippen molar-refractivity contribution in [2.24, 2.45) is 5.14 Å². The van der Waals surface area contributed by atoms with E-state index in [1.54, 1.807) is 6.92 Å². The van der Waals surface area contributed by atoms with Gasteiger partial charge in [0.1, 0.15) is 0 Å². The molecule has 0 fully saturated rings. The van der Waals surface area contributed by atoms with E-state index < -0.39 is 31.8 Å². The normalized spacial score (nSPS) is 12.0. The third-order valence-corrected chi connectivity index (χ3v) is 4.86. The average Bonchev–Trinajstić information content (AvgIpc) is 2.29. The van der Waals surface area contributed by atoms with E-state index in [4.69, 9.17) is 5.14 Å². The Morgan fingerprint density at radius 3 is 2.43 bits per heavy atom. The minimum atomic E-state index is -3.96. The minimum absolute atomic E-state index is 0.0705. The number of nitrogens with two attached hydrogens (primary N) is 1. The van der Waals surface area contributed by atoms with Crippen molar-refractivity contribution >= 4 is 47.6 Å². The second-order valence-electron chi connectivity index (χ2n) is 3.85. The van der Waals surface area contributed by atoms with Crippen molar-refractivity contribution < 1.29 is 26.4 Å². The molecule has 0 aromatic heterocycles.